The van der Waals surface area contributed by atoms with Gasteiger partial charge in [-0.25, -0.2) is 8.78 Å². The van der Waals surface area contributed by atoms with Gasteiger partial charge >= 0.3 is 6.36 Å². The van der Waals surface area contributed by atoms with Crippen molar-refractivity contribution in [2.24, 2.45) is 0 Å². The van der Waals surface area contributed by atoms with Gasteiger partial charge in [-0.3, -0.25) is 10.1 Å². The number of nitro benzene ring substituents is 1. The largest absolute Gasteiger partial charge is 0.573 e. The zero-order valence-corrected chi connectivity index (χ0v) is 62.6. The summed E-state index contributed by atoms with van der Waals surface area (Å²) >= 11 is 15.4. The topological polar surface area (TPSA) is 192 Å². The van der Waals surface area contributed by atoms with E-state index in [2.05, 4.69) is 70.9 Å². The predicted molar refractivity (Wildman–Crippen MR) is 399 cm³/mol. The normalized spacial score (nSPS) is 9.77. The van der Waals surface area contributed by atoms with Crippen LogP contribution in [0.25, 0.3) is 0 Å². The number of aryl methyl sites for hydroxylation is 12. The third-order valence-corrected chi connectivity index (χ3v) is 14.7. The van der Waals surface area contributed by atoms with E-state index in [4.69, 9.17) is 62.3 Å². The zero-order valence-electron chi connectivity index (χ0n) is 59.5. The first-order chi connectivity index (χ1) is 47.0. The molecule has 0 saturated carbocycles. The highest BCUT2D eigenvalue weighted by Gasteiger charge is 2.32. The Morgan fingerprint density at radius 3 is 1.69 bits per heavy atom. The third kappa shape index (κ3) is 41.0. The minimum atomic E-state index is -4.77. The van der Waals surface area contributed by atoms with E-state index in [-0.39, 0.29) is 23.7 Å². The number of nitriles is 1. The second-order valence-corrected chi connectivity index (χ2v) is 25.0. The van der Waals surface area contributed by atoms with Gasteiger partial charge in [0.1, 0.15) is 40.7 Å². The number of furan rings is 2. The predicted octanol–water partition coefficient (Wildman–Crippen LogP) is 24.4. The van der Waals surface area contributed by atoms with Gasteiger partial charge in [-0.15, -0.1) is 24.5 Å². The number of nitrogen functional groups attached to an aromatic ring is 1. The maximum absolute atomic E-state index is 12.4. The summed E-state index contributed by atoms with van der Waals surface area (Å²) in [5, 5.41) is 35.7. The molecule has 11 rings (SSSR count). The molecule has 0 aliphatic rings. The number of thiophene rings is 2. The maximum Gasteiger partial charge on any atom is 0.573 e. The molecule has 0 atom stereocenters. The fraction of sp³-hybridized carbons (Fsp3) is 0.269. The van der Waals surface area contributed by atoms with Crippen molar-refractivity contribution in [1.82, 2.24) is 4.98 Å². The first kappa shape index (κ1) is 88.5. The van der Waals surface area contributed by atoms with Crippen molar-refractivity contribution in [2.45, 2.75) is 136 Å². The quantitative estimate of drug-likeness (QED) is 0.0567. The lowest BCUT2D eigenvalue weighted by Crippen LogP contribution is -2.17. The molecule has 13 nitrogen and oxygen atoms in total. The van der Waals surface area contributed by atoms with Crippen molar-refractivity contribution in [3.63, 3.8) is 0 Å². The number of nitrogens with one attached hydrogen (secondary N) is 1. The molecule has 100 heavy (non-hydrogen) atoms. The van der Waals surface area contributed by atoms with Crippen LogP contribution in [0.4, 0.5) is 33.3 Å². The molecule has 538 valence electrons. The summed E-state index contributed by atoms with van der Waals surface area (Å²) in [7, 11) is 0. The molecule has 0 bridgehead atoms. The van der Waals surface area contributed by atoms with Crippen LogP contribution in [-0.2, 0) is 0 Å². The Morgan fingerprint density at radius 2 is 1.28 bits per heavy atom. The van der Waals surface area contributed by atoms with Gasteiger partial charge < -0.3 is 43.6 Å². The van der Waals surface area contributed by atoms with E-state index >= 15 is 0 Å². The zero-order chi connectivity index (χ0) is 75.5. The average molecular weight is 1460 g/mol. The number of H-pyrrole nitrogens is 1. The van der Waals surface area contributed by atoms with Crippen LogP contribution in [0.5, 0.6) is 28.7 Å². The van der Waals surface area contributed by atoms with Crippen LogP contribution in [0, 0.1) is 116 Å². The minimum Gasteiger partial charge on any atom is -0.504 e. The minimum absolute atomic E-state index is 0.176. The van der Waals surface area contributed by atoms with E-state index in [9.17, 15) is 32.1 Å². The standard InChI is InChI=1S/C11H15ClO.C10H13ClO.C10H11NO.C8H7F3O2.C7H6FNO2.C7H8FN.C5H7N.2C5H6O.2C5H6S/c1-7(2)13-11-6-10(12)8(3)5-9(11)4;1-7(2)12-9-5-4-8(3)10(11)6-9;1-3-12-10-5-4-8(2)6-9(10)7-11;1-5-2-3-6(12)7(4-5)13-8(9,10)11;1-5-2-3-6(8)4-7(5)9(10)11;1-5-4-6(8)2-3-7(5)9;2*1-5-2-3-6-4-5;1-5-3-2-4-6-5;1-5-2-3-6-4-5;1-5-3-2-4-6-5/h5-7H,1-4H3;4-7H,1-3H3;4-6H,3H2,1-2H3;2-4,12H,1H3;2-4H,1H3;2-4H,9H2,1H3;2-4,6H,1H3;4*2-4H,1H3. The molecule has 5 heterocycles. The number of phenolic OH excluding ortho intramolecular Hbond substituents is 1. The molecule has 0 spiro atoms. The number of halogens is 7. The summed E-state index contributed by atoms with van der Waals surface area (Å²) in [5.41, 5.74) is 16.5. The molecule has 0 unspecified atom stereocenters. The second kappa shape index (κ2) is 48.3. The first-order valence-corrected chi connectivity index (χ1v) is 33.7. The molecule has 0 aliphatic carbocycles. The number of anilines is 1. The van der Waals surface area contributed by atoms with E-state index in [0.29, 0.717) is 34.7 Å². The lowest BCUT2D eigenvalue weighted by Gasteiger charge is -2.13. The summed E-state index contributed by atoms with van der Waals surface area (Å²) in [6, 6.07) is 42.9. The number of ether oxygens (including phenoxy) is 4. The van der Waals surface area contributed by atoms with Crippen molar-refractivity contribution in [1.29, 1.82) is 5.26 Å². The van der Waals surface area contributed by atoms with Crippen LogP contribution in [0.15, 0.2) is 202 Å². The van der Waals surface area contributed by atoms with Crippen molar-refractivity contribution in [2.75, 3.05) is 12.3 Å². The number of hydrogen-bond donors (Lipinski definition) is 3. The van der Waals surface area contributed by atoms with Crippen LogP contribution >= 0.6 is 45.9 Å². The van der Waals surface area contributed by atoms with Crippen LogP contribution in [-0.4, -0.2) is 40.2 Å². The smallest absolute Gasteiger partial charge is 0.504 e. The number of hydrogen-bond acceptors (Lipinski definition) is 13. The van der Waals surface area contributed by atoms with Gasteiger partial charge in [0.05, 0.1) is 54.2 Å². The van der Waals surface area contributed by atoms with Gasteiger partial charge in [0.25, 0.3) is 5.69 Å². The Bertz CT molecular complexity index is 3860. The van der Waals surface area contributed by atoms with Crippen LogP contribution in [0.2, 0.25) is 10.0 Å². The van der Waals surface area contributed by atoms with E-state index in [1.165, 1.54) is 51.9 Å². The molecule has 0 amide bonds. The Kier molecular flexibility index (Phi) is 42.7. The second-order valence-electron chi connectivity index (χ2n) is 22.3. The van der Waals surface area contributed by atoms with Gasteiger partial charge in [-0.2, -0.15) is 16.6 Å². The number of benzene rings is 6. The molecular formula is C78H91Cl2F5N4O9S2. The van der Waals surface area contributed by atoms with E-state index in [0.717, 1.165) is 73.3 Å². The fourth-order valence-corrected chi connectivity index (χ4v) is 8.68. The van der Waals surface area contributed by atoms with Gasteiger partial charge in [0.15, 0.2) is 11.5 Å². The Morgan fingerprint density at radius 1 is 0.640 bits per heavy atom. The number of aromatic amines is 1. The van der Waals surface area contributed by atoms with Crippen molar-refractivity contribution >= 4 is 57.3 Å². The van der Waals surface area contributed by atoms with Gasteiger partial charge in [-0.1, -0.05) is 53.5 Å². The molecule has 0 fully saturated rings. The molecule has 5 aromatic heterocycles. The van der Waals surface area contributed by atoms with Crippen molar-refractivity contribution in [3.8, 4) is 34.8 Å². The number of alkyl halides is 3. The lowest BCUT2D eigenvalue weighted by molar-refractivity contribution is -0.385. The molecule has 11 aromatic rings. The molecular weight excluding hydrogens is 1370 g/mol. The number of aromatic nitrogens is 1. The summed E-state index contributed by atoms with van der Waals surface area (Å²) < 4.78 is 89.3. The third-order valence-electron chi connectivity index (χ3n) is 12.2. The van der Waals surface area contributed by atoms with Crippen LogP contribution in [0.3, 0.4) is 0 Å². The van der Waals surface area contributed by atoms with E-state index < -0.39 is 28.6 Å². The van der Waals surface area contributed by atoms with Crippen LogP contribution < -0.4 is 24.7 Å². The molecule has 22 heteroatoms. The summed E-state index contributed by atoms with van der Waals surface area (Å²) in [4.78, 5) is 13.9. The van der Waals surface area contributed by atoms with Crippen LogP contribution in [0.1, 0.15) is 106 Å². The fourth-order valence-electron chi connectivity index (χ4n) is 7.16. The number of aromatic hydroxyl groups is 1. The monoisotopic (exact) mass is 1460 g/mol. The summed E-state index contributed by atoms with van der Waals surface area (Å²) in [6.07, 6.45) is 4.52. The van der Waals surface area contributed by atoms with Crippen molar-refractivity contribution in [3.05, 3.63) is 297 Å². The molecule has 0 saturated heterocycles. The molecule has 6 aromatic carbocycles. The Labute approximate surface area is 603 Å². The van der Waals surface area contributed by atoms with Gasteiger partial charge in [0.2, 0.25) is 0 Å². The van der Waals surface area contributed by atoms with Gasteiger partial charge in [0, 0.05) is 38.6 Å². The Balaban J connectivity index is 0.000000557. The number of nitrogens with zero attached hydrogens (tertiary/aromatic N) is 2. The molecule has 4 N–H and O–H groups in total. The molecule has 0 aliphatic heterocycles. The highest BCUT2D eigenvalue weighted by Crippen LogP contribution is 2.32. The molecule has 0 radical (unpaired) electrons. The number of phenols is 1. The first-order valence-electron chi connectivity index (χ1n) is 31.1. The number of nitrogens with two attached hydrogens (primary N) is 1. The van der Waals surface area contributed by atoms with Gasteiger partial charge in [-0.05, 0) is 293 Å². The van der Waals surface area contributed by atoms with E-state index in [1.54, 1.807) is 68.3 Å². The van der Waals surface area contributed by atoms with E-state index in [1.807, 2.05) is 161 Å². The highest BCUT2D eigenvalue weighted by molar-refractivity contribution is 7.09. The number of nitro groups is 1. The summed E-state index contributed by atoms with van der Waals surface area (Å²) in [5.74, 6) is 1.44. The SMILES string of the molecule is CCOc1ccc(C)cc1C#N.Cc1cc(C)c(OC(C)C)cc1Cl.Cc1cc(F)ccc1N.Cc1cc[nH]c1.Cc1ccc(F)cc1[N+](=O)[O-].Cc1ccc(O)c(OC(F)(F)F)c1.Cc1ccc(OC(C)C)cc1Cl.Cc1ccco1.Cc1cccs1.Cc1ccoc1.Cc1ccsc1. The lowest BCUT2D eigenvalue weighted by atomic mass is 10.1. The summed E-state index contributed by atoms with van der Waals surface area (Å²) in [6.45, 7) is 33.5. The highest BCUT2D eigenvalue weighted by atomic mass is 35.5. The Hall–Kier alpha value is -9.52. The maximum atomic E-state index is 12.4. The number of rotatable bonds is 8. The average Bonchev–Trinajstić information content (AvgIpc) is 1.45. The van der Waals surface area contributed by atoms with Crippen molar-refractivity contribution < 1.29 is 59.8 Å².